The lowest BCUT2D eigenvalue weighted by Gasteiger charge is -2.37. The third-order valence-electron chi connectivity index (χ3n) is 5.21. The van der Waals surface area contributed by atoms with E-state index in [1.165, 1.54) is 0 Å². The Morgan fingerprint density at radius 3 is 2.82 bits per heavy atom. The molecule has 0 saturated carbocycles. The van der Waals surface area contributed by atoms with Crippen molar-refractivity contribution in [3.63, 3.8) is 0 Å². The highest BCUT2D eigenvalue weighted by molar-refractivity contribution is 6.32. The van der Waals surface area contributed by atoms with E-state index < -0.39 is 0 Å². The van der Waals surface area contributed by atoms with Gasteiger partial charge in [0.25, 0.3) is 0 Å². The van der Waals surface area contributed by atoms with Crippen LogP contribution >= 0.6 is 11.6 Å². The predicted molar refractivity (Wildman–Crippen MR) is 111 cm³/mol. The summed E-state index contributed by atoms with van der Waals surface area (Å²) in [5.41, 5.74) is 0.957. The second kappa shape index (κ2) is 11.0. The summed E-state index contributed by atoms with van der Waals surface area (Å²) < 4.78 is 0. The molecule has 0 radical (unpaired) electrons. The van der Waals surface area contributed by atoms with Gasteiger partial charge in [-0.3, -0.25) is 14.5 Å². The van der Waals surface area contributed by atoms with Crippen molar-refractivity contribution in [2.75, 3.05) is 25.0 Å². The standard InChI is InChI=1S/C21H29ClN4O2/c1-3-4-10-24-21(28)17-6-5-15(2)26(14-17)11-9-20(27)25-18-8-7-16(13-23)19(22)12-18/h7-8,12,15,17H,3-6,9-11,14H2,1-2H3,(H,24,28)(H,25,27). The fourth-order valence-electron chi connectivity index (χ4n) is 3.39. The van der Waals surface area contributed by atoms with Gasteiger partial charge in [-0.2, -0.15) is 5.26 Å². The van der Waals surface area contributed by atoms with E-state index in [9.17, 15) is 9.59 Å². The van der Waals surface area contributed by atoms with Crippen LogP contribution < -0.4 is 10.6 Å². The SMILES string of the molecule is CCCCNC(=O)C1CCC(C)N(CCC(=O)Nc2ccc(C#N)c(Cl)c2)C1. The van der Waals surface area contributed by atoms with Crippen LogP contribution in [0.2, 0.25) is 5.02 Å². The largest absolute Gasteiger partial charge is 0.356 e. The molecule has 7 heteroatoms. The Hall–Kier alpha value is -2.10. The maximum Gasteiger partial charge on any atom is 0.225 e. The highest BCUT2D eigenvalue weighted by Crippen LogP contribution is 2.23. The zero-order chi connectivity index (χ0) is 20.5. The maximum absolute atomic E-state index is 12.3. The van der Waals surface area contributed by atoms with Crippen molar-refractivity contribution in [2.24, 2.45) is 5.92 Å². The summed E-state index contributed by atoms with van der Waals surface area (Å²) in [5.74, 6) is 0.0120. The Morgan fingerprint density at radius 2 is 2.14 bits per heavy atom. The number of nitrogens with one attached hydrogen (secondary N) is 2. The molecule has 0 aliphatic carbocycles. The van der Waals surface area contributed by atoms with Crippen LogP contribution in [0.15, 0.2) is 18.2 Å². The summed E-state index contributed by atoms with van der Waals surface area (Å²) in [5, 5.41) is 15.1. The minimum atomic E-state index is -0.109. The van der Waals surface area contributed by atoms with Gasteiger partial charge < -0.3 is 10.6 Å². The van der Waals surface area contributed by atoms with Crippen molar-refractivity contribution < 1.29 is 9.59 Å². The fourth-order valence-corrected chi connectivity index (χ4v) is 3.61. The van der Waals surface area contributed by atoms with E-state index in [1.807, 2.05) is 6.07 Å². The number of benzene rings is 1. The van der Waals surface area contributed by atoms with Crippen molar-refractivity contribution in [2.45, 2.75) is 52.0 Å². The molecule has 1 aromatic carbocycles. The highest BCUT2D eigenvalue weighted by Gasteiger charge is 2.29. The van der Waals surface area contributed by atoms with Gasteiger partial charge in [-0.05, 0) is 44.4 Å². The van der Waals surface area contributed by atoms with Gasteiger partial charge in [0.1, 0.15) is 6.07 Å². The van der Waals surface area contributed by atoms with Crippen LogP contribution in [0.5, 0.6) is 0 Å². The fraction of sp³-hybridized carbons (Fsp3) is 0.571. The number of likely N-dealkylation sites (tertiary alicyclic amines) is 1. The van der Waals surface area contributed by atoms with E-state index in [1.54, 1.807) is 18.2 Å². The molecule has 28 heavy (non-hydrogen) atoms. The van der Waals surface area contributed by atoms with Gasteiger partial charge in [-0.1, -0.05) is 24.9 Å². The lowest BCUT2D eigenvalue weighted by Crippen LogP contribution is -2.47. The summed E-state index contributed by atoms with van der Waals surface area (Å²) in [6, 6.07) is 7.19. The van der Waals surface area contributed by atoms with Crippen LogP contribution in [0.1, 0.15) is 51.5 Å². The molecule has 1 aromatic rings. The molecule has 2 N–H and O–H groups in total. The van der Waals surface area contributed by atoms with Crippen molar-refractivity contribution in [3.8, 4) is 6.07 Å². The summed E-state index contributed by atoms with van der Waals surface area (Å²) in [6.07, 6.45) is 4.25. The molecule has 152 valence electrons. The van der Waals surface area contributed by atoms with Crippen LogP contribution in [0.3, 0.4) is 0 Å². The number of nitrogens with zero attached hydrogens (tertiary/aromatic N) is 2. The molecule has 6 nitrogen and oxygen atoms in total. The lowest BCUT2D eigenvalue weighted by molar-refractivity contribution is -0.127. The smallest absolute Gasteiger partial charge is 0.225 e. The van der Waals surface area contributed by atoms with Crippen LogP contribution in [0, 0.1) is 17.2 Å². The molecule has 1 aliphatic heterocycles. The first kappa shape index (κ1) is 22.2. The minimum Gasteiger partial charge on any atom is -0.356 e. The van der Waals surface area contributed by atoms with Gasteiger partial charge in [0.05, 0.1) is 16.5 Å². The monoisotopic (exact) mass is 404 g/mol. The van der Waals surface area contributed by atoms with Gasteiger partial charge in [0.2, 0.25) is 11.8 Å². The molecule has 0 bridgehead atoms. The number of amides is 2. The molecular weight excluding hydrogens is 376 g/mol. The second-order valence-corrected chi connectivity index (χ2v) is 7.77. The third kappa shape index (κ3) is 6.50. The number of unbranched alkanes of at least 4 members (excludes halogenated alkanes) is 1. The molecule has 1 aliphatic rings. The number of carbonyl (C=O) groups excluding carboxylic acids is 2. The van der Waals surface area contributed by atoms with Crippen molar-refractivity contribution >= 4 is 29.1 Å². The van der Waals surface area contributed by atoms with E-state index in [-0.39, 0.29) is 17.7 Å². The summed E-state index contributed by atoms with van der Waals surface area (Å²) in [6.45, 7) is 6.28. The van der Waals surface area contributed by atoms with E-state index in [4.69, 9.17) is 16.9 Å². The molecule has 2 rings (SSSR count). The zero-order valence-corrected chi connectivity index (χ0v) is 17.4. The maximum atomic E-state index is 12.3. The van der Waals surface area contributed by atoms with E-state index in [0.29, 0.717) is 41.8 Å². The molecule has 2 amide bonds. The van der Waals surface area contributed by atoms with Crippen LogP contribution in [0.25, 0.3) is 0 Å². The van der Waals surface area contributed by atoms with Crippen LogP contribution in [0.4, 0.5) is 5.69 Å². The summed E-state index contributed by atoms with van der Waals surface area (Å²) in [7, 11) is 0. The summed E-state index contributed by atoms with van der Waals surface area (Å²) >= 11 is 6.00. The van der Waals surface area contributed by atoms with Crippen LogP contribution in [-0.2, 0) is 9.59 Å². The van der Waals surface area contributed by atoms with E-state index >= 15 is 0 Å². The van der Waals surface area contributed by atoms with Gasteiger partial charge in [0.15, 0.2) is 0 Å². The second-order valence-electron chi connectivity index (χ2n) is 7.37. The number of carbonyl (C=O) groups is 2. The average molecular weight is 405 g/mol. The number of anilines is 1. The quantitative estimate of drug-likeness (QED) is 0.649. The first-order valence-electron chi connectivity index (χ1n) is 9.95. The molecule has 2 unspecified atom stereocenters. The van der Waals surface area contributed by atoms with E-state index in [0.717, 1.165) is 32.2 Å². The first-order valence-corrected chi connectivity index (χ1v) is 10.3. The number of hydrogen-bond donors (Lipinski definition) is 2. The van der Waals surface area contributed by atoms with Gasteiger partial charge in [-0.15, -0.1) is 0 Å². The number of nitriles is 1. The molecular formula is C21H29ClN4O2. The third-order valence-corrected chi connectivity index (χ3v) is 5.52. The molecule has 2 atom stereocenters. The predicted octanol–water partition coefficient (Wildman–Crippen LogP) is 3.56. The molecule has 1 heterocycles. The van der Waals surface area contributed by atoms with Crippen LogP contribution in [-0.4, -0.2) is 42.4 Å². The molecule has 1 saturated heterocycles. The average Bonchev–Trinajstić information content (AvgIpc) is 2.67. The number of rotatable bonds is 8. The highest BCUT2D eigenvalue weighted by atomic mass is 35.5. The number of halogens is 1. The van der Waals surface area contributed by atoms with Crippen molar-refractivity contribution in [3.05, 3.63) is 28.8 Å². The summed E-state index contributed by atoms with van der Waals surface area (Å²) in [4.78, 5) is 26.8. The minimum absolute atomic E-state index is 0.00606. The van der Waals surface area contributed by atoms with Gasteiger partial charge in [0, 0.05) is 37.8 Å². The number of hydrogen-bond acceptors (Lipinski definition) is 4. The molecule has 0 aromatic heterocycles. The number of piperidine rings is 1. The molecule has 1 fully saturated rings. The Balaban J connectivity index is 1.82. The Labute approximate surface area is 172 Å². The Bertz CT molecular complexity index is 732. The lowest BCUT2D eigenvalue weighted by atomic mass is 9.92. The molecule has 0 spiro atoms. The zero-order valence-electron chi connectivity index (χ0n) is 16.6. The first-order chi connectivity index (χ1) is 13.4. The van der Waals surface area contributed by atoms with Crippen molar-refractivity contribution in [1.29, 1.82) is 5.26 Å². The topological polar surface area (TPSA) is 85.2 Å². The Kier molecular flexibility index (Phi) is 8.75. The van der Waals surface area contributed by atoms with E-state index in [2.05, 4.69) is 29.4 Å². The Morgan fingerprint density at radius 1 is 1.36 bits per heavy atom. The normalized spacial score (nSPS) is 19.6. The van der Waals surface area contributed by atoms with Gasteiger partial charge in [-0.25, -0.2) is 0 Å². The van der Waals surface area contributed by atoms with Gasteiger partial charge >= 0.3 is 0 Å². The van der Waals surface area contributed by atoms with Crippen molar-refractivity contribution in [1.82, 2.24) is 10.2 Å².